The van der Waals surface area contributed by atoms with Crippen LogP contribution in [0.4, 0.5) is 0 Å². The molecule has 1 saturated heterocycles. The van der Waals surface area contributed by atoms with E-state index in [0.29, 0.717) is 17.9 Å². The number of aliphatic hydroxyl groups is 1. The zero-order chi connectivity index (χ0) is 11.1. The lowest BCUT2D eigenvalue weighted by Crippen LogP contribution is -3.02. The number of nitrogens with two attached hydrogens (primary N) is 2. The van der Waals surface area contributed by atoms with E-state index in [1.165, 1.54) is 38.5 Å². The van der Waals surface area contributed by atoms with Crippen molar-refractivity contribution >= 4 is 0 Å². The van der Waals surface area contributed by atoms with Gasteiger partial charge >= 0.3 is 0 Å². The topological polar surface area (TPSA) is 62.9 Å². The second kappa shape index (κ2) is 4.28. The maximum atomic E-state index is 10.2. The van der Waals surface area contributed by atoms with Crippen molar-refractivity contribution in [2.45, 2.75) is 69.2 Å². The minimum Gasteiger partial charge on any atom is -0.393 e. The predicted molar refractivity (Wildman–Crippen MR) is 62.8 cm³/mol. The van der Waals surface area contributed by atoms with E-state index >= 15 is 0 Å². The van der Waals surface area contributed by atoms with E-state index in [9.17, 15) is 5.11 Å². The van der Waals surface area contributed by atoms with Gasteiger partial charge in [0.25, 0.3) is 0 Å². The zero-order valence-electron chi connectivity index (χ0n) is 10.0. The van der Waals surface area contributed by atoms with Crippen molar-refractivity contribution in [3.63, 3.8) is 0 Å². The van der Waals surface area contributed by atoms with Crippen LogP contribution in [0.1, 0.15) is 44.9 Å². The third kappa shape index (κ3) is 1.69. The van der Waals surface area contributed by atoms with Crippen molar-refractivity contribution in [3.8, 4) is 0 Å². The summed E-state index contributed by atoms with van der Waals surface area (Å²) in [5.41, 5.74) is 6.45. The molecule has 1 heterocycles. The highest BCUT2D eigenvalue weighted by molar-refractivity contribution is 4.97. The lowest BCUT2D eigenvalue weighted by Gasteiger charge is -2.49. The first-order chi connectivity index (χ1) is 7.77. The minimum atomic E-state index is -0.132. The molecule has 6 atom stereocenters. The van der Waals surface area contributed by atoms with Crippen molar-refractivity contribution in [3.05, 3.63) is 0 Å². The summed E-state index contributed by atoms with van der Waals surface area (Å²) in [6, 6.07) is 1.63. The largest absolute Gasteiger partial charge is 0.393 e. The molecule has 0 aromatic heterocycles. The average molecular weight is 225 g/mol. The number of hydrogen-bond acceptors (Lipinski definition) is 2. The Morgan fingerprint density at radius 1 is 0.938 bits per heavy atom. The van der Waals surface area contributed by atoms with Crippen LogP contribution in [0.15, 0.2) is 0 Å². The van der Waals surface area contributed by atoms with E-state index in [4.69, 9.17) is 5.73 Å². The van der Waals surface area contributed by atoms with Gasteiger partial charge in [-0.15, -0.1) is 0 Å². The van der Waals surface area contributed by atoms with Gasteiger partial charge in [-0.25, -0.2) is 0 Å². The molecule has 3 fully saturated rings. The van der Waals surface area contributed by atoms with E-state index in [-0.39, 0.29) is 12.1 Å². The molecule has 0 aromatic carbocycles. The van der Waals surface area contributed by atoms with Gasteiger partial charge in [0.1, 0.15) is 0 Å². The van der Waals surface area contributed by atoms with Crippen LogP contribution < -0.4 is 11.1 Å². The van der Waals surface area contributed by atoms with E-state index in [2.05, 4.69) is 5.32 Å². The highest BCUT2D eigenvalue weighted by atomic mass is 16.3. The number of quaternary nitrogens is 1. The molecule has 1 aliphatic heterocycles. The van der Waals surface area contributed by atoms with Gasteiger partial charge in [-0.05, 0) is 38.5 Å². The summed E-state index contributed by atoms with van der Waals surface area (Å²) < 4.78 is 0. The second-order valence-electron chi connectivity index (χ2n) is 6.12. The Kier molecular flexibility index (Phi) is 2.94. The monoisotopic (exact) mass is 225 g/mol. The van der Waals surface area contributed by atoms with Crippen LogP contribution in [-0.4, -0.2) is 29.3 Å². The SMILES string of the molecule is NC1C2CCCCC2[NH2+]C2CCCC(O)C21. The molecule has 0 aromatic rings. The van der Waals surface area contributed by atoms with Crippen LogP contribution in [0.5, 0.6) is 0 Å². The molecule has 0 radical (unpaired) electrons. The fourth-order valence-electron chi connectivity index (χ4n) is 4.51. The van der Waals surface area contributed by atoms with Crippen LogP contribution in [0, 0.1) is 11.8 Å². The zero-order valence-corrected chi connectivity index (χ0v) is 10.0. The Morgan fingerprint density at radius 3 is 2.56 bits per heavy atom. The molecule has 6 unspecified atom stereocenters. The summed E-state index contributed by atoms with van der Waals surface area (Å²) >= 11 is 0. The lowest BCUT2D eigenvalue weighted by atomic mass is 9.65. The summed E-state index contributed by atoms with van der Waals surface area (Å²) in [5.74, 6) is 1.04. The molecule has 3 nitrogen and oxygen atoms in total. The molecule has 92 valence electrons. The molecule has 0 amide bonds. The van der Waals surface area contributed by atoms with Crippen LogP contribution in [0.25, 0.3) is 0 Å². The van der Waals surface area contributed by atoms with Gasteiger partial charge in [0.2, 0.25) is 0 Å². The number of hydrogen-bond donors (Lipinski definition) is 3. The summed E-state index contributed by atoms with van der Waals surface area (Å²) in [4.78, 5) is 0. The number of aliphatic hydroxyl groups excluding tert-OH is 1. The molecule has 2 aliphatic carbocycles. The maximum Gasteiger partial charge on any atom is 0.0930 e. The first-order valence-electron chi connectivity index (χ1n) is 7.06. The van der Waals surface area contributed by atoms with E-state index in [0.717, 1.165) is 12.5 Å². The Bertz CT molecular complexity index is 258. The van der Waals surface area contributed by atoms with Gasteiger partial charge in [0, 0.05) is 12.0 Å². The average Bonchev–Trinajstić information content (AvgIpc) is 2.29. The Balaban J connectivity index is 1.79. The van der Waals surface area contributed by atoms with E-state index in [1.54, 1.807) is 0 Å². The van der Waals surface area contributed by atoms with Crippen molar-refractivity contribution in [2.75, 3.05) is 0 Å². The van der Waals surface area contributed by atoms with E-state index < -0.39 is 0 Å². The summed E-state index contributed by atoms with van der Waals surface area (Å²) in [6.45, 7) is 0. The molecule has 0 spiro atoms. The predicted octanol–water partition coefficient (Wildman–Crippen LogP) is -0.0209. The van der Waals surface area contributed by atoms with Gasteiger partial charge in [-0.3, -0.25) is 0 Å². The van der Waals surface area contributed by atoms with Gasteiger partial charge in [-0.2, -0.15) is 0 Å². The lowest BCUT2D eigenvalue weighted by molar-refractivity contribution is -0.749. The van der Waals surface area contributed by atoms with Gasteiger partial charge < -0.3 is 16.2 Å². The van der Waals surface area contributed by atoms with E-state index in [1.807, 2.05) is 0 Å². The van der Waals surface area contributed by atoms with Gasteiger partial charge in [0.05, 0.1) is 24.1 Å². The fourth-order valence-corrected chi connectivity index (χ4v) is 4.51. The van der Waals surface area contributed by atoms with Gasteiger partial charge in [0.15, 0.2) is 0 Å². The summed E-state index contributed by atoms with van der Waals surface area (Å²) in [5, 5.41) is 12.7. The molecular formula is C13H25N2O+. The van der Waals surface area contributed by atoms with Crippen molar-refractivity contribution in [1.82, 2.24) is 0 Å². The fraction of sp³-hybridized carbons (Fsp3) is 1.00. The Morgan fingerprint density at radius 2 is 1.69 bits per heavy atom. The molecule has 16 heavy (non-hydrogen) atoms. The van der Waals surface area contributed by atoms with Crippen LogP contribution in [0.2, 0.25) is 0 Å². The Hall–Kier alpha value is -0.120. The van der Waals surface area contributed by atoms with Crippen molar-refractivity contribution in [1.29, 1.82) is 0 Å². The molecule has 3 aliphatic rings. The highest BCUT2D eigenvalue weighted by Crippen LogP contribution is 2.36. The van der Waals surface area contributed by atoms with Crippen LogP contribution in [0.3, 0.4) is 0 Å². The standard InChI is InChI=1S/C13H24N2O/c14-13-8-4-1-2-5-9(8)15-10-6-3-7-11(16)12(10)13/h8-13,15-16H,1-7,14H2/p+1. The summed E-state index contributed by atoms with van der Waals surface area (Å²) in [6.07, 6.45) is 8.64. The third-order valence-corrected chi connectivity index (χ3v) is 5.28. The van der Waals surface area contributed by atoms with Gasteiger partial charge in [-0.1, -0.05) is 6.42 Å². The number of fused-ring (bicyclic) bond motifs is 2. The molecule has 0 bridgehead atoms. The van der Waals surface area contributed by atoms with Crippen molar-refractivity contribution < 1.29 is 10.4 Å². The van der Waals surface area contributed by atoms with Crippen molar-refractivity contribution in [2.24, 2.45) is 17.6 Å². The first-order valence-corrected chi connectivity index (χ1v) is 7.06. The minimum absolute atomic E-state index is 0.132. The molecule has 2 saturated carbocycles. The molecule has 5 N–H and O–H groups in total. The number of rotatable bonds is 0. The molecule has 3 rings (SSSR count). The first kappa shape index (κ1) is 11.0. The highest BCUT2D eigenvalue weighted by Gasteiger charge is 2.50. The quantitative estimate of drug-likeness (QED) is 0.542. The third-order valence-electron chi connectivity index (χ3n) is 5.28. The molecule has 3 heteroatoms. The second-order valence-corrected chi connectivity index (χ2v) is 6.12. The van der Waals surface area contributed by atoms with Crippen LogP contribution >= 0.6 is 0 Å². The van der Waals surface area contributed by atoms with Crippen LogP contribution in [-0.2, 0) is 0 Å². The number of piperidine rings is 1. The smallest absolute Gasteiger partial charge is 0.0930 e. The maximum absolute atomic E-state index is 10.2. The Labute approximate surface area is 97.8 Å². The normalized spacial score (nSPS) is 52.9. The summed E-state index contributed by atoms with van der Waals surface area (Å²) in [7, 11) is 0. The molecular weight excluding hydrogens is 200 g/mol.